The monoisotopic (exact) mass is 223 g/mol. The average molecular weight is 223 g/mol. The third-order valence-corrected chi connectivity index (χ3v) is 2.46. The van der Waals surface area contributed by atoms with Gasteiger partial charge in [-0.25, -0.2) is 0 Å². The van der Waals surface area contributed by atoms with Crippen molar-refractivity contribution in [1.29, 1.82) is 0 Å². The van der Waals surface area contributed by atoms with Gasteiger partial charge in [-0.05, 0) is 17.9 Å². The number of nitro benzene ring substituents is 1. The van der Waals surface area contributed by atoms with Crippen LogP contribution in [0.5, 0.6) is 0 Å². The Morgan fingerprint density at radius 2 is 2.00 bits per heavy atom. The van der Waals surface area contributed by atoms with E-state index in [0.717, 1.165) is 5.56 Å². The zero-order chi connectivity index (χ0) is 12.1. The molecule has 1 rings (SSSR count). The number of carbonyl (C=O) groups is 1. The van der Waals surface area contributed by atoms with Gasteiger partial charge >= 0.3 is 5.97 Å². The quantitative estimate of drug-likeness (QED) is 0.614. The number of nitrogens with zero attached hydrogens (tertiary/aromatic N) is 1. The van der Waals surface area contributed by atoms with Gasteiger partial charge in [0.1, 0.15) is 0 Å². The lowest BCUT2D eigenvalue weighted by Crippen LogP contribution is -2.00. The van der Waals surface area contributed by atoms with Crippen molar-refractivity contribution in [2.45, 2.75) is 25.7 Å². The second-order valence-electron chi connectivity index (χ2n) is 3.68. The van der Waals surface area contributed by atoms with E-state index < -0.39 is 10.9 Å². The van der Waals surface area contributed by atoms with Gasteiger partial charge in [-0.2, -0.15) is 0 Å². The molecule has 0 aliphatic rings. The molecule has 1 N–H and O–H groups in total. The van der Waals surface area contributed by atoms with Gasteiger partial charge in [-0.1, -0.05) is 19.1 Å². The van der Waals surface area contributed by atoms with Crippen molar-refractivity contribution in [3.8, 4) is 0 Å². The highest BCUT2D eigenvalue weighted by molar-refractivity contribution is 5.66. The van der Waals surface area contributed by atoms with E-state index in [1.165, 1.54) is 12.1 Å². The van der Waals surface area contributed by atoms with Crippen LogP contribution >= 0.6 is 0 Å². The van der Waals surface area contributed by atoms with Crippen LogP contribution in [0.3, 0.4) is 0 Å². The van der Waals surface area contributed by atoms with Crippen LogP contribution in [-0.4, -0.2) is 16.0 Å². The third kappa shape index (κ3) is 3.34. The van der Waals surface area contributed by atoms with E-state index in [9.17, 15) is 14.9 Å². The molecule has 0 fully saturated rings. The molecule has 0 aliphatic heterocycles. The Kier molecular flexibility index (Phi) is 3.99. The number of carboxylic acids is 1. The summed E-state index contributed by atoms with van der Waals surface area (Å²) < 4.78 is 0. The molecule has 1 aromatic rings. The molecule has 1 unspecified atom stereocenters. The van der Waals surface area contributed by atoms with E-state index in [1.54, 1.807) is 12.1 Å². The van der Waals surface area contributed by atoms with Crippen LogP contribution in [0.25, 0.3) is 0 Å². The van der Waals surface area contributed by atoms with E-state index in [2.05, 4.69) is 0 Å². The van der Waals surface area contributed by atoms with Gasteiger partial charge < -0.3 is 5.11 Å². The highest BCUT2D eigenvalue weighted by Gasteiger charge is 2.10. The molecule has 1 atom stereocenters. The fourth-order valence-electron chi connectivity index (χ4n) is 1.43. The Labute approximate surface area is 92.9 Å². The molecule has 0 saturated heterocycles. The lowest BCUT2D eigenvalue weighted by molar-refractivity contribution is -0.384. The lowest BCUT2D eigenvalue weighted by atomic mass is 9.96. The lowest BCUT2D eigenvalue weighted by Gasteiger charge is -2.09. The van der Waals surface area contributed by atoms with Gasteiger partial charge in [0.2, 0.25) is 0 Å². The van der Waals surface area contributed by atoms with E-state index in [0.29, 0.717) is 6.42 Å². The summed E-state index contributed by atoms with van der Waals surface area (Å²) in [7, 11) is 0. The fourth-order valence-corrected chi connectivity index (χ4v) is 1.43. The third-order valence-electron chi connectivity index (χ3n) is 2.46. The van der Waals surface area contributed by atoms with E-state index in [1.807, 2.05) is 6.92 Å². The van der Waals surface area contributed by atoms with Crippen LogP contribution in [0.15, 0.2) is 24.3 Å². The van der Waals surface area contributed by atoms with Crippen molar-refractivity contribution < 1.29 is 14.8 Å². The summed E-state index contributed by atoms with van der Waals surface area (Å²) in [6.07, 6.45) is 0.644. The van der Waals surface area contributed by atoms with Gasteiger partial charge in [0.25, 0.3) is 5.69 Å². The number of hydrogen-bond donors (Lipinski definition) is 1. The highest BCUT2D eigenvalue weighted by atomic mass is 16.6. The highest BCUT2D eigenvalue weighted by Crippen LogP contribution is 2.22. The second-order valence-corrected chi connectivity index (χ2v) is 3.68. The van der Waals surface area contributed by atoms with Gasteiger partial charge in [-0.3, -0.25) is 14.9 Å². The van der Waals surface area contributed by atoms with E-state index in [4.69, 9.17) is 5.11 Å². The molecule has 16 heavy (non-hydrogen) atoms. The Morgan fingerprint density at radius 3 is 2.44 bits per heavy atom. The molecule has 5 heteroatoms. The smallest absolute Gasteiger partial charge is 0.303 e. The van der Waals surface area contributed by atoms with Gasteiger partial charge in [0.05, 0.1) is 4.92 Å². The summed E-state index contributed by atoms with van der Waals surface area (Å²) in [5.74, 6) is -0.731. The van der Waals surface area contributed by atoms with E-state index >= 15 is 0 Å². The molecule has 0 heterocycles. The van der Waals surface area contributed by atoms with Gasteiger partial charge in [-0.15, -0.1) is 0 Å². The molecular weight excluding hydrogens is 210 g/mol. The first-order chi connectivity index (χ1) is 7.50. The average Bonchev–Trinajstić information content (AvgIpc) is 2.26. The standard InChI is InChI=1S/C11H13NO4/c1-8(2-7-11(13)14)9-3-5-10(6-4-9)12(15)16/h3-6,8H,2,7H2,1H3,(H,13,14). The Balaban J connectivity index is 2.66. The summed E-state index contributed by atoms with van der Waals surface area (Å²) in [4.78, 5) is 20.4. The number of benzene rings is 1. The van der Waals surface area contributed by atoms with Gasteiger partial charge in [0, 0.05) is 18.6 Å². The summed E-state index contributed by atoms with van der Waals surface area (Å²) in [6.45, 7) is 1.91. The van der Waals surface area contributed by atoms with Crippen molar-refractivity contribution in [2.75, 3.05) is 0 Å². The zero-order valence-corrected chi connectivity index (χ0v) is 8.92. The van der Waals surface area contributed by atoms with Crippen LogP contribution < -0.4 is 0 Å². The maximum atomic E-state index is 10.4. The van der Waals surface area contributed by atoms with Crippen LogP contribution in [0.1, 0.15) is 31.2 Å². The number of rotatable bonds is 5. The molecule has 0 saturated carbocycles. The van der Waals surface area contributed by atoms with Crippen molar-refractivity contribution in [3.63, 3.8) is 0 Å². The molecule has 0 radical (unpaired) electrons. The molecule has 1 aromatic carbocycles. The molecule has 86 valence electrons. The van der Waals surface area contributed by atoms with E-state index in [-0.39, 0.29) is 18.0 Å². The number of aliphatic carboxylic acids is 1. The first-order valence-corrected chi connectivity index (χ1v) is 4.97. The number of carboxylic acid groups (broad SMARTS) is 1. The Morgan fingerprint density at radius 1 is 1.44 bits per heavy atom. The van der Waals surface area contributed by atoms with Gasteiger partial charge in [0.15, 0.2) is 0 Å². The zero-order valence-electron chi connectivity index (χ0n) is 8.92. The maximum Gasteiger partial charge on any atom is 0.303 e. The number of nitro groups is 1. The molecule has 0 amide bonds. The minimum Gasteiger partial charge on any atom is -0.481 e. The predicted molar refractivity (Wildman–Crippen MR) is 58.4 cm³/mol. The Bertz CT molecular complexity index is 385. The summed E-state index contributed by atoms with van der Waals surface area (Å²) in [5, 5.41) is 19.0. The molecule has 5 nitrogen and oxygen atoms in total. The van der Waals surface area contributed by atoms with Crippen LogP contribution in [0.2, 0.25) is 0 Å². The number of hydrogen-bond acceptors (Lipinski definition) is 3. The van der Waals surface area contributed by atoms with Crippen molar-refractivity contribution in [3.05, 3.63) is 39.9 Å². The molecular formula is C11H13NO4. The number of non-ortho nitro benzene ring substituents is 1. The summed E-state index contributed by atoms with van der Waals surface area (Å²) >= 11 is 0. The first-order valence-electron chi connectivity index (χ1n) is 4.97. The first kappa shape index (κ1) is 12.2. The summed E-state index contributed by atoms with van der Waals surface area (Å²) in [6, 6.07) is 6.22. The predicted octanol–water partition coefficient (Wildman–Crippen LogP) is 2.56. The normalized spacial score (nSPS) is 12.1. The van der Waals surface area contributed by atoms with Crippen molar-refractivity contribution in [1.82, 2.24) is 0 Å². The molecule has 0 aromatic heterocycles. The van der Waals surface area contributed by atoms with Crippen molar-refractivity contribution >= 4 is 11.7 Å². The topological polar surface area (TPSA) is 80.4 Å². The molecule has 0 bridgehead atoms. The SMILES string of the molecule is CC(CCC(=O)O)c1ccc([N+](=O)[O-])cc1. The Hall–Kier alpha value is -1.91. The second kappa shape index (κ2) is 5.25. The minimum atomic E-state index is -0.825. The maximum absolute atomic E-state index is 10.4. The van der Waals surface area contributed by atoms with Crippen LogP contribution in [0.4, 0.5) is 5.69 Å². The fraction of sp³-hybridized carbons (Fsp3) is 0.364. The molecule has 0 aliphatic carbocycles. The largest absolute Gasteiger partial charge is 0.481 e. The van der Waals surface area contributed by atoms with Crippen LogP contribution in [-0.2, 0) is 4.79 Å². The molecule has 0 spiro atoms. The summed E-state index contributed by atoms with van der Waals surface area (Å²) in [5.41, 5.74) is 0.973. The van der Waals surface area contributed by atoms with Crippen molar-refractivity contribution in [2.24, 2.45) is 0 Å². The minimum absolute atomic E-state index is 0.0502. The van der Waals surface area contributed by atoms with Crippen LogP contribution in [0, 0.1) is 10.1 Å².